The molecule has 8 bridgehead atoms. The standard InChI is InChI=1S/C66H38N6/c67-27-55-43-7-1-3-9-45(43)57(29-69)63-51-25-53-41-20-39(51)18-37-16-35-15-36-17-38-19-40-21-42(22-41)54(66-60(32-72)48-12-6-5-11-47(48)59(31-71)65(53)66)26-52(40)64-58(30-70)46-10-4-2-8-44(46)56(28-68)62(64)50(38)24-34(36)14-13-33(35)23-49(37)61(55)63/h1-14,16-17,20-21,33,50-51,54H,15,18-19,22-26H2. The van der Waals surface area contributed by atoms with Gasteiger partial charge < -0.3 is 0 Å². The van der Waals surface area contributed by atoms with Crippen LogP contribution in [0.15, 0.2) is 159 Å². The van der Waals surface area contributed by atoms with E-state index in [2.05, 4.69) is 72.9 Å². The van der Waals surface area contributed by atoms with Gasteiger partial charge in [-0.3, -0.25) is 0 Å². The quantitative estimate of drug-likeness (QED) is 0.148. The SMILES string of the molecule is N#Cc1c2c(c(C#N)c3ccccc13)C1CC3=C4C=C1CC1=C2CC2C(=C1)CC1=C(CC5C(=C1)CC1=C(CC(C=C3)C(=C1)C4)c1c5c(C#N)c3ccccc3c1C#N)c1c2c(C#N)c2ccccc2c1C#N. The summed E-state index contributed by atoms with van der Waals surface area (Å²) in [5, 5.41) is 73.4. The molecule has 0 radical (unpaired) electrons. The van der Waals surface area contributed by atoms with Gasteiger partial charge in [0, 0.05) is 72.7 Å². The van der Waals surface area contributed by atoms with Crippen molar-refractivity contribution in [2.24, 2.45) is 5.92 Å². The number of hydrogen-bond acceptors (Lipinski definition) is 6. The zero-order chi connectivity index (χ0) is 48.3. The zero-order valence-corrected chi connectivity index (χ0v) is 39.0. The third-order valence-electron chi connectivity index (χ3n) is 18.0. The van der Waals surface area contributed by atoms with Crippen molar-refractivity contribution >= 4 is 49.0 Å². The fourth-order valence-corrected chi connectivity index (χ4v) is 15.1. The van der Waals surface area contributed by atoms with Crippen LogP contribution in [0.2, 0.25) is 0 Å². The van der Waals surface area contributed by atoms with Crippen LogP contribution >= 0.6 is 0 Å². The second kappa shape index (κ2) is 14.6. The van der Waals surface area contributed by atoms with E-state index >= 15 is 0 Å². The highest BCUT2D eigenvalue weighted by molar-refractivity contribution is 6.04. The van der Waals surface area contributed by atoms with Gasteiger partial charge >= 0.3 is 0 Å². The molecule has 332 valence electrons. The van der Waals surface area contributed by atoms with Gasteiger partial charge in [-0.25, -0.2) is 0 Å². The van der Waals surface area contributed by atoms with Crippen LogP contribution in [0, 0.1) is 73.9 Å². The maximum Gasteiger partial charge on any atom is 0.100 e. The van der Waals surface area contributed by atoms with Crippen molar-refractivity contribution in [3.05, 3.63) is 226 Å². The molecule has 0 saturated heterocycles. The van der Waals surface area contributed by atoms with Gasteiger partial charge in [-0.05, 0) is 113 Å². The van der Waals surface area contributed by atoms with E-state index in [1.807, 2.05) is 72.8 Å². The van der Waals surface area contributed by atoms with Crippen LogP contribution in [0.4, 0.5) is 0 Å². The van der Waals surface area contributed by atoms with Gasteiger partial charge in [-0.1, -0.05) is 132 Å². The highest BCUT2D eigenvalue weighted by Gasteiger charge is 2.45. The van der Waals surface area contributed by atoms with Crippen LogP contribution in [-0.4, -0.2) is 0 Å². The second-order valence-corrected chi connectivity index (χ2v) is 21.0. The van der Waals surface area contributed by atoms with Crippen molar-refractivity contribution < 1.29 is 0 Å². The molecular formula is C66H38N6. The Morgan fingerprint density at radius 1 is 0.333 bits per heavy atom. The molecule has 0 fully saturated rings. The van der Waals surface area contributed by atoms with Crippen molar-refractivity contribution in [3.63, 3.8) is 0 Å². The van der Waals surface area contributed by atoms with Crippen LogP contribution < -0.4 is 0 Å². The Kier molecular flexibility index (Phi) is 8.24. The van der Waals surface area contributed by atoms with Crippen LogP contribution in [-0.2, 0) is 0 Å². The molecule has 0 saturated carbocycles. The number of allylic oxidation sites excluding steroid dienone is 18. The lowest BCUT2D eigenvalue weighted by atomic mass is 9.70. The maximum absolute atomic E-state index is 11.6. The lowest BCUT2D eigenvalue weighted by Gasteiger charge is -2.32. The highest BCUT2D eigenvalue weighted by atomic mass is 14.5. The summed E-state index contributed by atoms with van der Waals surface area (Å²) in [6.07, 6.45) is 19.3. The maximum atomic E-state index is 11.6. The Hall–Kier alpha value is -9.30. The summed E-state index contributed by atoms with van der Waals surface area (Å²) in [6, 6.07) is 39.7. The first-order chi connectivity index (χ1) is 35.4. The molecule has 72 heavy (non-hydrogen) atoms. The normalized spacial score (nSPS) is 22.2. The molecule has 6 heteroatoms. The minimum atomic E-state index is -0.341. The lowest BCUT2D eigenvalue weighted by Crippen LogP contribution is -2.16. The summed E-state index contributed by atoms with van der Waals surface area (Å²) >= 11 is 0. The van der Waals surface area contributed by atoms with Crippen molar-refractivity contribution in [2.75, 3.05) is 0 Å². The molecule has 6 aromatic carbocycles. The molecule has 0 heterocycles. The van der Waals surface area contributed by atoms with E-state index in [1.165, 1.54) is 39.0 Å². The van der Waals surface area contributed by atoms with Gasteiger partial charge in [0.05, 0.1) is 33.4 Å². The van der Waals surface area contributed by atoms with Gasteiger partial charge in [-0.2, -0.15) is 31.6 Å². The van der Waals surface area contributed by atoms with Gasteiger partial charge in [0.2, 0.25) is 0 Å². The van der Waals surface area contributed by atoms with E-state index in [1.54, 1.807) is 0 Å². The summed E-state index contributed by atoms with van der Waals surface area (Å²) in [7, 11) is 0. The molecule has 4 unspecified atom stereocenters. The first kappa shape index (κ1) is 40.6. The Labute approximate surface area is 416 Å². The number of nitriles is 6. The third kappa shape index (κ3) is 5.16. The smallest absolute Gasteiger partial charge is 0.100 e. The topological polar surface area (TPSA) is 143 Å². The Morgan fingerprint density at radius 2 is 0.653 bits per heavy atom. The summed E-state index contributed by atoms with van der Waals surface area (Å²) in [4.78, 5) is 0. The lowest BCUT2D eigenvalue weighted by molar-refractivity contribution is 0.730. The molecule has 9 aliphatic rings. The summed E-state index contributed by atoms with van der Waals surface area (Å²) < 4.78 is 0. The van der Waals surface area contributed by atoms with E-state index in [4.69, 9.17) is 0 Å². The largest absolute Gasteiger partial charge is 0.192 e. The Bertz CT molecular complexity index is 4350. The molecular weight excluding hydrogens is 877 g/mol. The van der Waals surface area contributed by atoms with Crippen LogP contribution in [0.1, 0.15) is 136 Å². The summed E-state index contributed by atoms with van der Waals surface area (Å²) in [6.45, 7) is 0. The third-order valence-corrected chi connectivity index (χ3v) is 18.0. The molecule has 15 rings (SSSR count). The molecule has 0 spiro atoms. The van der Waals surface area contributed by atoms with Gasteiger partial charge in [-0.15, -0.1) is 0 Å². The molecule has 0 aromatic heterocycles. The molecule has 6 aromatic rings. The molecule has 0 amide bonds. The number of hydrogen-bond donors (Lipinski definition) is 0. The van der Waals surface area contributed by atoms with Gasteiger partial charge in [0.15, 0.2) is 0 Å². The van der Waals surface area contributed by atoms with Gasteiger partial charge in [0.1, 0.15) is 36.4 Å². The van der Waals surface area contributed by atoms with Crippen molar-refractivity contribution in [3.8, 4) is 36.4 Å². The molecule has 0 N–H and O–H groups in total. The highest BCUT2D eigenvalue weighted by Crippen LogP contribution is 2.62. The summed E-state index contributed by atoms with van der Waals surface area (Å²) in [5.41, 5.74) is 22.6. The van der Waals surface area contributed by atoms with Gasteiger partial charge in [0.25, 0.3) is 0 Å². The average Bonchev–Trinajstić information content (AvgIpc) is 3.78. The number of nitrogens with zero attached hydrogens (tertiary/aromatic N) is 6. The van der Waals surface area contributed by atoms with Crippen LogP contribution in [0.25, 0.3) is 49.0 Å². The zero-order valence-electron chi connectivity index (χ0n) is 39.0. The fraction of sp³-hybridized carbons (Fsp3) is 0.182. The van der Waals surface area contributed by atoms with E-state index in [0.717, 1.165) is 100.0 Å². The molecule has 6 nitrogen and oxygen atoms in total. The molecule has 9 aliphatic carbocycles. The minimum absolute atomic E-state index is 0.0470. The minimum Gasteiger partial charge on any atom is -0.192 e. The van der Waals surface area contributed by atoms with Crippen LogP contribution in [0.3, 0.4) is 0 Å². The Balaban J connectivity index is 1.11. The molecule has 0 aliphatic heterocycles. The van der Waals surface area contributed by atoms with E-state index < -0.39 is 0 Å². The first-order valence-corrected chi connectivity index (χ1v) is 25.0. The number of benzene rings is 6. The average molecular weight is 915 g/mol. The Morgan fingerprint density at radius 3 is 1.04 bits per heavy atom. The van der Waals surface area contributed by atoms with Crippen molar-refractivity contribution in [2.45, 2.75) is 69.1 Å². The molecule has 4 atom stereocenters. The van der Waals surface area contributed by atoms with Crippen LogP contribution in [0.5, 0.6) is 0 Å². The predicted molar refractivity (Wildman–Crippen MR) is 278 cm³/mol. The number of rotatable bonds is 0. The predicted octanol–water partition coefficient (Wildman–Crippen LogP) is 14.7. The summed E-state index contributed by atoms with van der Waals surface area (Å²) in [5.74, 6) is -0.759. The van der Waals surface area contributed by atoms with Crippen molar-refractivity contribution in [1.29, 1.82) is 31.6 Å². The monoisotopic (exact) mass is 914 g/mol. The second-order valence-electron chi connectivity index (χ2n) is 21.0. The number of fused-ring (bicyclic) bond motifs is 12. The fourth-order valence-electron chi connectivity index (χ4n) is 15.1. The van der Waals surface area contributed by atoms with E-state index in [0.29, 0.717) is 78.3 Å². The van der Waals surface area contributed by atoms with E-state index in [-0.39, 0.29) is 23.7 Å². The first-order valence-electron chi connectivity index (χ1n) is 25.0. The van der Waals surface area contributed by atoms with Crippen molar-refractivity contribution in [1.82, 2.24) is 0 Å². The van der Waals surface area contributed by atoms with E-state index in [9.17, 15) is 31.6 Å².